The highest BCUT2D eigenvalue weighted by Gasteiger charge is 2.37. The molecule has 0 radical (unpaired) electrons. The lowest BCUT2D eigenvalue weighted by molar-refractivity contribution is 0.661. The number of rotatable bonds is 5. The summed E-state index contributed by atoms with van der Waals surface area (Å²) < 4.78 is 6.26. The molecule has 0 spiro atoms. The second-order valence-corrected chi connectivity index (χ2v) is 16.6. The second-order valence-electron chi connectivity index (χ2n) is 16.6. The van der Waals surface area contributed by atoms with Crippen molar-refractivity contribution in [2.45, 2.75) is 19.3 Å². The molecule has 0 unspecified atom stereocenters. The van der Waals surface area contributed by atoms with Crippen LogP contribution in [0, 0.1) is 0 Å². The quantitative estimate of drug-likeness (QED) is 0.175. The number of para-hydroxylation sites is 1. The van der Waals surface area contributed by atoms with Gasteiger partial charge in [-0.3, -0.25) is 0 Å². The van der Waals surface area contributed by atoms with Gasteiger partial charge in [-0.25, -0.2) is 9.97 Å². The number of benzene rings is 9. The molecule has 3 heteroatoms. The van der Waals surface area contributed by atoms with Gasteiger partial charge < -0.3 is 4.42 Å². The van der Waals surface area contributed by atoms with E-state index in [1.165, 1.54) is 49.4 Å². The zero-order valence-electron chi connectivity index (χ0n) is 33.3. The van der Waals surface area contributed by atoms with E-state index < -0.39 is 0 Å². The Morgan fingerprint density at radius 2 is 1.02 bits per heavy atom. The van der Waals surface area contributed by atoms with Crippen LogP contribution in [0.4, 0.5) is 0 Å². The molecule has 0 bridgehead atoms. The van der Waals surface area contributed by atoms with Crippen LogP contribution in [0.3, 0.4) is 0 Å². The highest BCUT2D eigenvalue weighted by molar-refractivity contribution is 6.07. The topological polar surface area (TPSA) is 38.9 Å². The van der Waals surface area contributed by atoms with Crippen molar-refractivity contribution in [3.05, 3.63) is 205 Å². The standard InChI is InChI=1S/C57H38N2O/c1-57(2)49-24-13-23-46(55(49)48-32-37-17-6-7-18-38(37)33-50(48)57)52-34-51(58-56(59-52)36-15-4-3-5-16-36)42-29-40(28-41(30-42)44-22-12-19-35-14-8-9-20-43(35)44)39-26-27-54-47(31-39)45-21-10-11-25-53(45)60-54/h3-34H,1-2H3. The Balaban J connectivity index is 1.11. The second kappa shape index (κ2) is 13.2. The number of hydrogen-bond donors (Lipinski definition) is 0. The van der Waals surface area contributed by atoms with Gasteiger partial charge in [-0.2, -0.15) is 0 Å². The predicted octanol–water partition coefficient (Wildman–Crippen LogP) is 15.3. The Labute approximate surface area is 348 Å². The molecule has 0 amide bonds. The molecule has 3 nitrogen and oxygen atoms in total. The van der Waals surface area contributed by atoms with Gasteiger partial charge in [0, 0.05) is 32.9 Å². The van der Waals surface area contributed by atoms with E-state index in [0.717, 1.165) is 66.7 Å². The summed E-state index contributed by atoms with van der Waals surface area (Å²) in [6.45, 7) is 4.70. The van der Waals surface area contributed by atoms with E-state index in [-0.39, 0.29) is 5.41 Å². The first-order chi connectivity index (χ1) is 29.5. The van der Waals surface area contributed by atoms with Gasteiger partial charge in [-0.1, -0.05) is 153 Å². The highest BCUT2D eigenvalue weighted by atomic mass is 16.3. The van der Waals surface area contributed by atoms with Crippen molar-refractivity contribution >= 4 is 43.5 Å². The molecule has 2 heterocycles. The third-order valence-corrected chi connectivity index (χ3v) is 12.6. The lowest BCUT2D eigenvalue weighted by Crippen LogP contribution is -2.14. The molecule has 0 saturated carbocycles. The molecule has 1 aliphatic rings. The largest absolute Gasteiger partial charge is 0.456 e. The van der Waals surface area contributed by atoms with E-state index in [2.05, 4.69) is 190 Å². The molecule has 0 fully saturated rings. The molecule has 1 aliphatic carbocycles. The van der Waals surface area contributed by atoms with Crippen LogP contribution < -0.4 is 0 Å². The molecular formula is C57H38N2O. The average molecular weight is 767 g/mol. The van der Waals surface area contributed by atoms with E-state index in [9.17, 15) is 0 Å². The maximum Gasteiger partial charge on any atom is 0.160 e. The smallest absolute Gasteiger partial charge is 0.160 e. The fraction of sp³-hybridized carbons (Fsp3) is 0.0526. The van der Waals surface area contributed by atoms with Crippen LogP contribution in [0.5, 0.6) is 0 Å². The zero-order chi connectivity index (χ0) is 40.0. The molecule has 9 aromatic carbocycles. The minimum absolute atomic E-state index is 0.175. The number of hydrogen-bond acceptors (Lipinski definition) is 3. The maximum atomic E-state index is 6.26. The van der Waals surface area contributed by atoms with Crippen molar-refractivity contribution in [1.82, 2.24) is 9.97 Å². The van der Waals surface area contributed by atoms with Crippen molar-refractivity contribution in [3.8, 4) is 67.3 Å². The Hall–Kier alpha value is -7.62. The molecule has 11 aromatic rings. The first-order valence-corrected chi connectivity index (χ1v) is 20.6. The van der Waals surface area contributed by atoms with Gasteiger partial charge in [0.15, 0.2) is 5.82 Å². The van der Waals surface area contributed by atoms with Crippen molar-refractivity contribution < 1.29 is 4.42 Å². The Bertz CT molecular complexity index is 3520. The summed E-state index contributed by atoms with van der Waals surface area (Å²) in [6.07, 6.45) is 0. The average Bonchev–Trinajstić information content (AvgIpc) is 3.79. The summed E-state index contributed by atoms with van der Waals surface area (Å²) in [5.74, 6) is 0.695. The van der Waals surface area contributed by atoms with Crippen LogP contribution in [0.1, 0.15) is 25.0 Å². The van der Waals surface area contributed by atoms with Gasteiger partial charge in [0.05, 0.1) is 11.4 Å². The van der Waals surface area contributed by atoms with Crippen LogP contribution in [-0.4, -0.2) is 9.97 Å². The van der Waals surface area contributed by atoms with Crippen LogP contribution in [0.25, 0.3) is 111 Å². The van der Waals surface area contributed by atoms with Gasteiger partial charge in [-0.15, -0.1) is 0 Å². The summed E-state index contributed by atoms with van der Waals surface area (Å²) in [5.41, 5.74) is 16.2. The maximum absolute atomic E-state index is 6.26. The van der Waals surface area contributed by atoms with Crippen LogP contribution in [-0.2, 0) is 5.41 Å². The SMILES string of the molecule is CC1(C)c2cc3ccccc3cc2-c2c(-c3cc(-c4cc(-c5ccc6oc7ccccc7c6c5)cc(-c5cccc6ccccc56)c4)nc(-c4ccccc4)n3)cccc21. The summed E-state index contributed by atoms with van der Waals surface area (Å²) in [4.78, 5) is 10.8. The first kappa shape index (κ1) is 34.4. The van der Waals surface area contributed by atoms with E-state index in [4.69, 9.17) is 14.4 Å². The molecule has 0 atom stereocenters. The molecule has 0 saturated heterocycles. The van der Waals surface area contributed by atoms with Crippen LogP contribution in [0.2, 0.25) is 0 Å². The van der Waals surface area contributed by atoms with Crippen molar-refractivity contribution in [2.75, 3.05) is 0 Å². The normalized spacial score (nSPS) is 13.0. The lowest BCUT2D eigenvalue weighted by Gasteiger charge is -2.22. The fourth-order valence-electron chi connectivity index (χ4n) is 9.62. The predicted molar refractivity (Wildman–Crippen MR) is 249 cm³/mol. The minimum Gasteiger partial charge on any atom is -0.456 e. The fourth-order valence-corrected chi connectivity index (χ4v) is 9.62. The summed E-state index contributed by atoms with van der Waals surface area (Å²) >= 11 is 0. The van der Waals surface area contributed by atoms with Crippen molar-refractivity contribution in [3.63, 3.8) is 0 Å². The number of nitrogens with zero attached hydrogens (tertiary/aromatic N) is 2. The Morgan fingerprint density at radius 3 is 1.88 bits per heavy atom. The molecule has 2 aromatic heterocycles. The van der Waals surface area contributed by atoms with Crippen LogP contribution >= 0.6 is 0 Å². The van der Waals surface area contributed by atoms with E-state index in [1.54, 1.807) is 0 Å². The minimum atomic E-state index is -0.175. The Morgan fingerprint density at radius 1 is 0.367 bits per heavy atom. The van der Waals surface area contributed by atoms with Gasteiger partial charge in [0.2, 0.25) is 0 Å². The van der Waals surface area contributed by atoms with E-state index in [0.29, 0.717) is 5.82 Å². The lowest BCUT2D eigenvalue weighted by atomic mass is 9.81. The van der Waals surface area contributed by atoms with Crippen LogP contribution in [0.15, 0.2) is 199 Å². The summed E-state index contributed by atoms with van der Waals surface area (Å²) in [5, 5.41) is 7.13. The summed E-state index contributed by atoms with van der Waals surface area (Å²) in [6, 6.07) is 69.7. The van der Waals surface area contributed by atoms with Gasteiger partial charge >= 0.3 is 0 Å². The molecule has 0 aliphatic heterocycles. The highest BCUT2D eigenvalue weighted by Crippen LogP contribution is 2.53. The van der Waals surface area contributed by atoms with Gasteiger partial charge in [0.1, 0.15) is 11.2 Å². The van der Waals surface area contributed by atoms with E-state index in [1.807, 2.05) is 18.2 Å². The number of furan rings is 1. The molecule has 60 heavy (non-hydrogen) atoms. The number of fused-ring (bicyclic) bond motifs is 8. The monoisotopic (exact) mass is 766 g/mol. The van der Waals surface area contributed by atoms with Crippen molar-refractivity contribution in [2.24, 2.45) is 0 Å². The zero-order valence-corrected chi connectivity index (χ0v) is 33.3. The van der Waals surface area contributed by atoms with Crippen molar-refractivity contribution in [1.29, 1.82) is 0 Å². The molecule has 0 N–H and O–H groups in total. The van der Waals surface area contributed by atoms with Gasteiger partial charge in [0.25, 0.3) is 0 Å². The third-order valence-electron chi connectivity index (χ3n) is 12.6. The summed E-state index contributed by atoms with van der Waals surface area (Å²) in [7, 11) is 0. The van der Waals surface area contributed by atoms with Gasteiger partial charge in [-0.05, 0) is 121 Å². The molecule has 12 rings (SSSR count). The van der Waals surface area contributed by atoms with E-state index >= 15 is 0 Å². The first-order valence-electron chi connectivity index (χ1n) is 20.6. The number of aromatic nitrogens is 2. The molecular weight excluding hydrogens is 729 g/mol. The molecule has 282 valence electrons. The third kappa shape index (κ3) is 5.43. The Kier molecular flexibility index (Phi) is 7.58.